The van der Waals surface area contributed by atoms with Crippen LogP contribution in [0.4, 0.5) is 11.4 Å². The van der Waals surface area contributed by atoms with E-state index in [2.05, 4.69) is 44.8 Å². The molecule has 0 aliphatic carbocycles. The molecule has 1 unspecified atom stereocenters. The number of carbonyl (C=O) groups is 2. The van der Waals surface area contributed by atoms with Crippen molar-refractivity contribution < 1.29 is 9.59 Å². The number of nitrogens with zero attached hydrogens (tertiary/aromatic N) is 3. The average molecular weight is 486 g/mol. The molecule has 7 nitrogen and oxygen atoms in total. The molecule has 2 N–H and O–H groups in total. The Morgan fingerprint density at radius 1 is 1.26 bits per heavy atom. The third-order valence-electron chi connectivity index (χ3n) is 6.57. The van der Waals surface area contributed by atoms with Crippen LogP contribution in [0, 0.1) is 17.2 Å². The molecule has 2 aliphatic heterocycles. The molecular formula is C27H27N5O2S. The van der Waals surface area contributed by atoms with Crippen molar-refractivity contribution in [3.05, 3.63) is 59.8 Å². The first kappa shape index (κ1) is 23.3. The number of nitrogens with one attached hydrogen (secondary N) is 2. The number of amides is 2. The van der Waals surface area contributed by atoms with Crippen LogP contribution in [0.5, 0.6) is 0 Å². The number of nitriles is 1. The summed E-state index contributed by atoms with van der Waals surface area (Å²) < 4.78 is 0. The van der Waals surface area contributed by atoms with Crippen LogP contribution in [0.2, 0.25) is 0 Å². The lowest BCUT2D eigenvalue weighted by Crippen LogP contribution is -2.35. The van der Waals surface area contributed by atoms with E-state index in [1.54, 1.807) is 17.8 Å². The molecule has 2 aliphatic rings. The van der Waals surface area contributed by atoms with Crippen LogP contribution in [-0.4, -0.2) is 40.5 Å². The molecule has 1 fully saturated rings. The van der Waals surface area contributed by atoms with Crippen molar-refractivity contribution in [3.8, 4) is 6.07 Å². The SMILES string of the molecule is N#Cc1ccc2cccc(NC(=O)CCC3CCCN(Cc4ccc5c(c4)NC(=O)CS5)C3)c2n1. The van der Waals surface area contributed by atoms with Crippen LogP contribution in [0.15, 0.2) is 53.4 Å². The van der Waals surface area contributed by atoms with E-state index in [4.69, 9.17) is 5.26 Å². The second-order valence-electron chi connectivity index (χ2n) is 9.18. The summed E-state index contributed by atoms with van der Waals surface area (Å²) in [6, 6.07) is 17.6. The molecule has 0 bridgehead atoms. The summed E-state index contributed by atoms with van der Waals surface area (Å²) in [5, 5.41) is 16.0. The van der Waals surface area contributed by atoms with E-state index in [9.17, 15) is 9.59 Å². The van der Waals surface area contributed by atoms with Gasteiger partial charge in [-0.05, 0) is 67.6 Å². The lowest BCUT2D eigenvalue weighted by atomic mass is 9.93. The molecule has 1 aromatic heterocycles. The molecule has 0 spiro atoms. The number of pyridine rings is 1. The summed E-state index contributed by atoms with van der Waals surface area (Å²) in [5.41, 5.74) is 3.74. The second kappa shape index (κ2) is 10.5. The zero-order chi connectivity index (χ0) is 24.2. The number of rotatable bonds is 6. The lowest BCUT2D eigenvalue weighted by molar-refractivity contribution is -0.116. The first-order valence-corrected chi connectivity index (χ1v) is 12.9. The van der Waals surface area contributed by atoms with Crippen molar-refractivity contribution in [2.75, 3.05) is 29.5 Å². The highest BCUT2D eigenvalue weighted by Crippen LogP contribution is 2.33. The molecule has 0 radical (unpaired) electrons. The standard InChI is InChI=1S/C27H27N5O2S/c28-14-21-9-8-20-4-1-5-22(27(20)29-21)30-25(33)11-7-18-3-2-12-32(15-18)16-19-6-10-24-23(13-19)31-26(34)17-35-24/h1,4-6,8-10,13,18H,2-3,7,11-12,15-17H2,(H,30,33)(H,31,34). The Morgan fingerprint density at radius 2 is 2.17 bits per heavy atom. The molecule has 5 rings (SSSR count). The van der Waals surface area contributed by atoms with Crippen molar-refractivity contribution >= 4 is 45.9 Å². The van der Waals surface area contributed by atoms with Gasteiger partial charge in [-0.25, -0.2) is 4.98 Å². The van der Waals surface area contributed by atoms with Crippen molar-refractivity contribution in [2.45, 2.75) is 37.1 Å². The lowest BCUT2D eigenvalue weighted by Gasteiger charge is -2.33. The molecule has 3 heterocycles. The fourth-order valence-electron chi connectivity index (χ4n) is 4.88. The van der Waals surface area contributed by atoms with Crippen LogP contribution >= 0.6 is 11.8 Å². The third-order valence-corrected chi connectivity index (χ3v) is 7.65. The maximum absolute atomic E-state index is 12.7. The zero-order valence-electron chi connectivity index (χ0n) is 19.4. The summed E-state index contributed by atoms with van der Waals surface area (Å²) >= 11 is 1.58. The predicted octanol–water partition coefficient (Wildman–Crippen LogP) is 4.78. The number of likely N-dealkylation sites (tertiary alicyclic amines) is 1. The summed E-state index contributed by atoms with van der Waals surface area (Å²) in [5.74, 6) is 0.978. The molecule has 2 amide bonds. The normalized spacial score (nSPS) is 17.9. The smallest absolute Gasteiger partial charge is 0.234 e. The second-order valence-corrected chi connectivity index (χ2v) is 10.2. The van der Waals surface area contributed by atoms with Crippen LogP contribution < -0.4 is 10.6 Å². The van der Waals surface area contributed by atoms with Crippen molar-refractivity contribution in [1.29, 1.82) is 5.26 Å². The number of hydrogen-bond donors (Lipinski definition) is 2. The Labute approximate surface area is 208 Å². The Hall–Kier alpha value is -3.41. The largest absolute Gasteiger partial charge is 0.324 e. The van der Waals surface area contributed by atoms with Gasteiger partial charge in [0.15, 0.2) is 0 Å². The van der Waals surface area contributed by atoms with Gasteiger partial charge in [0.1, 0.15) is 11.8 Å². The molecule has 1 saturated heterocycles. The van der Waals surface area contributed by atoms with Crippen molar-refractivity contribution in [2.24, 2.45) is 5.92 Å². The number of para-hydroxylation sites is 1. The molecule has 3 aromatic rings. The van der Waals surface area contributed by atoms with Crippen LogP contribution in [0.25, 0.3) is 10.9 Å². The van der Waals surface area contributed by atoms with Gasteiger partial charge in [-0.2, -0.15) is 5.26 Å². The Morgan fingerprint density at radius 3 is 3.06 bits per heavy atom. The van der Waals surface area contributed by atoms with Gasteiger partial charge in [0.05, 0.1) is 22.6 Å². The number of carbonyl (C=O) groups excluding carboxylic acids is 2. The fourth-order valence-corrected chi connectivity index (χ4v) is 5.66. The molecule has 2 aromatic carbocycles. The van der Waals surface area contributed by atoms with Gasteiger partial charge in [0, 0.05) is 29.8 Å². The number of aromatic nitrogens is 1. The van der Waals surface area contributed by atoms with Gasteiger partial charge in [0.25, 0.3) is 0 Å². The van der Waals surface area contributed by atoms with Crippen molar-refractivity contribution in [1.82, 2.24) is 9.88 Å². The summed E-state index contributed by atoms with van der Waals surface area (Å²) in [4.78, 5) is 32.4. The van der Waals surface area contributed by atoms with Gasteiger partial charge < -0.3 is 10.6 Å². The van der Waals surface area contributed by atoms with Crippen LogP contribution in [-0.2, 0) is 16.1 Å². The number of piperidine rings is 1. The Kier molecular flexibility index (Phi) is 6.98. The fraction of sp³-hybridized carbons (Fsp3) is 0.333. The van der Waals surface area contributed by atoms with Crippen LogP contribution in [0.1, 0.15) is 36.9 Å². The highest BCUT2D eigenvalue weighted by atomic mass is 32.2. The van der Waals surface area contributed by atoms with Gasteiger partial charge in [-0.3, -0.25) is 14.5 Å². The monoisotopic (exact) mass is 485 g/mol. The number of fused-ring (bicyclic) bond motifs is 2. The minimum atomic E-state index is -0.0262. The quantitative estimate of drug-likeness (QED) is 0.521. The molecular weight excluding hydrogens is 458 g/mol. The van der Waals surface area contributed by atoms with Gasteiger partial charge >= 0.3 is 0 Å². The molecule has 8 heteroatoms. The number of hydrogen-bond acceptors (Lipinski definition) is 6. The molecule has 35 heavy (non-hydrogen) atoms. The number of benzene rings is 2. The van der Waals surface area contributed by atoms with Crippen molar-refractivity contribution in [3.63, 3.8) is 0 Å². The van der Waals surface area contributed by atoms with Gasteiger partial charge in [0.2, 0.25) is 11.8 Å². The topological polar surface area (TPSA) is 98.1 Å². The zero-order valence-corrected chi connectivity index (χ0v) is 20.2. The van der Waals surface area contributed by atoms with E-state index in [-0.39, 0.29) is 11.8 Å². The van der Waals surface area contributed by atoms with Gasteiger partial charge in [-0.15, -0.1) is 11.8 Å². The maximum Gasteiger partial charge on any atom is 0.234 e. The summed E-state index contributed by atoms with van der Waals surface area (Å²) in [6.07, 6.45) is 3.53. The third kappa shape index (κ3) is 5.64. The van der Waals surface area contributed by atoms with E-state index in [0.717, 1.165) is 54.9 Å². The Bertz CT molecular complexity index is 1320. The minimum absolute atomic E-state index is 0.0262. The van der Waals surface area contributed by atoms with E-state index in [1.807, 2.05) is 24.3 Å². The van der Waals surface area contributed by atoms with E-state index < -0.39 is 0 Å². The first-order valence-electron chi connectivity index (χ1n) is 11.9. The maximum atomic E-state index is 12.7. The predicted molar refractivity (Wildman–Crippen MR) is 138 cm³/mol. The van der Waals surface area contributed by atoms with Gasteiger partial charge in [-0.1, -0.05) is 18.2 Å². The van der Waals surface area contributed by atoms with E-state index >= 15 is 0 Å². The average Bonchev–Trinajstić information content (AvgIpc) is 2.87. The Balaban J connectivity index is 1.16. The van der Waals surface area contributed by atoms with Crippen LogP contribution in [0.3, 0.4) is 0 Å². The van der Waals surface area contributed by atoms with E-state index in [0.29, 0.717) is 35.0 Å². The minimum Gasteiger partial charge on any atom is -0.324 e. The molecule has 0 saturated carbocycles. The summed E-state index contributed by atoms with van der Waals surface area (Å²) in [6.45, 7) is 2.86. The molecule has 178 valence electrons. The summed E-state index contributed by atoms with van der Waals surface area (Å²) in [7, 11) is 0. The first-order chi connectivity index (χ1) is 17.1. The molecule has 1 atom stereocenters. The van der Waals surface area contributed by atoms with E-state index in [1.165, 1.54) is 5.56 Å². The highest BCUT2D eigenvalue weighted by molar-refractivity contribution is 8.00. The number of thioether (sulfide) groups is 1. The highest BCUT2D eigenvalue weighted by Gasteiger charge is 2.22. The number of anilines is 2.